The Morgan fingerprint density at radius 3 is 1.04 bits per heavy atom. The predicted octanol–water partition coefficient (Wildman–Crippen LogP) is 21.3. The van der Waals surface area contributed by atoms with Gasteiger partial charge in [0.05, 0.1) is 27.7 Å². The Morgan fingerprint density at radius 1 is 0.390 bits per heavy atom. The van der Waals surface area contributed by atoms with Gasteiger partial charge in [-0.05, 0) is 96.3 Å². The van der Waals surface area contributed by atoms with Crippen LogP contribution in [0.15, 0.2) is 97.2 Å². The number of phosphoric acid groups is 1. The van der Waals surface area contributed by atoms with E-state index < -0.39 is 26.5 Å². The van der Waals surface area contributed by atoms with Crippen LogP contribution in [0.2, 0.25) is 0 Å². The summed E-state index contributed by atoms with van der Waals surface area (Å²) in [6.07, 6.45) is 86.2. The summed E-state index contributed by atoms with van der Waals surface area (Å²) in [7, 11) is 1.17. The maximum atomic E-state index is 12.9. The van der Waals surface area contributed by atoms with E-state index in [4.69, 9.17) is 18.5 Å². The number of quaternary nitrogens is 1. The minimum absolute atomic E-state index is 0.0332. The third-order valence-corrected chi connectivity index (χ3v) is 15.6. The Morgan fingerprint density at radius 2 is 0.695 bits per heavy atom. The van der Waals surface area contributed by atoms with Crippen LogP contribution in [-0.2, 0) is 32.7 Å². The average molecular weight is 1170 g/mol. The molecule has 0 radical (unpaired) electrons. The van der Waals surface area contributed by atoms with Gasteiger partial charge in [-0.25, -0.2) is 0 Å². The first kappa shape index (κ1) is 78.9. The van der Waals surface area contributed by atoms with Gasteiger partial charge in [-0.1, -0.05) is 284 Å². The number of carbonyl (C=O) groups is 2. The van der Waals surface area contributed by atoms with Gasteiger partial charge in [-0.2, -0.15) is 0 Å². The molecule has 2 unspecified atom stereocenters. The molecule has 0 spiro atoms. The molecule has 0 bridgehead atoms. The van der Waals surface area contributed by atoms with Crippen molar-refractivity contribution in [2.24, 2.45) is 0 Å². The molecule has 0 aromatic rings. The van der Waals surface area contributed by atoms with E-state index in [-0.39, 0.29) is 32.0 Å². The summed E-state index contributed by atoms with van der Waals surface area (Å²) in [5, 5.41) is 0. The Balaban J connectivity index is 4.05. The zero-order chi connectivity index (χ0) is 59.8. The van der Waals surface area contributed by atoms with Crippen LogP contribution in [0.3, 0.4) is 0 Å². The minimum atomic E-state index is -4.64. The fourth-order valence-corrected chi connectivity index (χ4v) is 10.1. The van der Waals surface area contributed by atoms with Gasteiger partial charge in [-0.3, -0.25) is 14.2 Å². The molecule has 82 heavy (non-hydrogen) atoms. The van der Waals surface area contributed by atoms with Crippen LogP contribution < -0.4 is 4.89 Å². The fourth-order valence-electron chi connectivity index (χ4n) is 9.40. The average Bonchev–Trinajstić information content (AvgIpc) is 3.45. The number of esters is 2. The van der Waals surface area contributed by atoms with Gasteiger partial charge in [0.1, 0.15) is 19.8 Å². The highest BCUT2D eigenvalue weighted by atomic mass is 31.2. The lowest BCUT2D eigenvalue weighted by Gasteiger charge is -2.28. The molecule has 0 aromatic carbocycles. The second-order valence-electron chi connectivity index (χ2n) is 23.8. The van der Waals surface area contributed by atoms with E-state index in [1.807, 2.05) is 21.1 Å². The number of phosphoric ester groups is 1. The Hall–Kier alpha value is -3.07. The molecular weight excluding hydrogens is 1040 g/mol. The zero-order valence-corrected chi connectivity index (χ0v) is 54.8. The number of unbranched alkanes of at least 4 members (excludes halogenated alkanes) is 32. The molecule has 0 aliphatic rings. The largest absolute Gasteiger partial charge is 0.756 e. The summed E-state index contributed by atoms with van der Waals surface area (Å²) in [4.78, 5) is 38.0. The molecule has 0 aromatic heterocycles. The third-order valence-electron chi connectivity index (χ3n) is 14.6. The van der Waals surface area contributed by atoms with Crippen molar-refractivity contribution >= 4 is 19.8 Å². The topological polar surface area (TPSA) is 111 Å². The van der Waals surface area contributed by atoms with Crippen LogP contribution in [-0.4, -0.2) is 70.0 Å². The molecule has 0 fully saturated rings. The van der Waals surface area contributed by atoms with E-state index in [2.05, 4.69) is 111 Å². The Kier molecular flexibility index (Phi) is 60.1. The number of hydrogen-bond acceptors (Lipinski definition) is 8. The van der Waals surface area contributed by atoms with Crippen LogP contribution in [0, 0.1) is 0 Å². The van der Waals surface area contributed by atoms with Gasteiger partial charge in [0.2, 0.25) is 0 Å². The Labute approximate surface area is 506 Å². The third kappa shape index (κ3) is 66.1. The first-order chi connectivity index (χ1) is 40.0. The number of ether oxygens (including phenoxy) is 2. The van der Waals surface area contributed by atoms with Crippen molar-refractivity contribution in [3.05, 3.63) is 97.2 Å². The maximum absolute atomic E-state index is 12.9. The van der Waals surface area contributed by atoms with Gasteiger partial charge in [0, 0.05) is 12.8 Å². The van der Waals surface area contributed by atoms with E-state index in [0.29, 0.717) is 17.4 Å². The second kappa shape index (κ2) is 62.5. The van der Waals surface area contributed by atoms with Crippen LogP contribution in [0.25, 0.3) is 0 Å². The van der Waals surface area contributed by atoms with Crippen molar-refractivity contribution in [3.63, 3.8) is 0 Å². The SMILES string of the molecule is CC/C=C\C/C=C\C/C=C\C/C=C\C/C=C\C/C=C\CCCCCCCCCCCCCCCCCCC(=O)OC(COC(=O)CCCCCCCCCCCCC/C=C\C/C=C\CCCCCCC)COP(=O)([O-])OCC[N+](C)(C)C. The quantitative estimate of drug-likeness (QED) is 0.0195. The normalized spacial score (nSPS) is 13.8. The summed E-state index contributed by atoms with van der Waals surface area (Å²) in [5.74, 6) is -0.829. The highest BCUT2D eigenvalue weighted by Gasteiger charge is 2.22. The summed E-state index contributed by atoms with van der Waals surface area (Å²) >= 11 is 0. The second-order valence-corrected chi connectivity index (χ2v) is 25.2. The highest BCUT2D eigenvalue weighted by Crippen LogP contribution is 2.38. The van der Waals surface area contributed by atoms with Gasteiger partial charge in [0.15, 0.2) is 6.10 Å². The van der Waals surface area contributed by atoms with Crippen molar-refractivity contribution in [2.45, 2.75) is 302 Å². The molecule has 10 heteroatoms. The first-order valence-corrected chi connectivity index (χ1v) is 35.4. The highest BCUT2D eigenvalue weighted by molar-refractivity contribution is 7.45. The number of carbonyl (C=O) groups excluding carboxylic acids is 2. The monoisotopic (exact) mass is 1170 g/mol. The van der Waals surface area contributed by atoms with Gasteiger partial charge >= 0.3 is 11.9 Å². The molecule has 9 nitrogen and oxygen atoms in total. The number of hydrogen-bond donors (Lipinski definition) is 0. The molecule has 0 saturated heterocycles. The van der Waals surface area contributed by atoms with E-state index in [0.717, 1.165) is 83.5 Å². The summed E-state index contributed by atoms with van der Waals surface area (Å²) < 4.78 is 34.3. The molecule has 0 amide bonds. The van der Waals surface area contributed by atoms with Crippen LogP contribution >= 0.6 is 7.82 Å². The van der Waals surface area contributed by atoms with Gasteiger partial charge < -0.3 is 27.9 Å². The summed E-state index contributed by atoms with van der Waals surface area (Å²) in [5.41, 5.74) is 0. The zero-order valence-electron chi connectivity index (χ0n) is 53.9. The summed E-state index contributed by atoms with van der Waals surface area (Å²) in [6, 6.07) is 0. The predicted molar refractivity (Wildman–Crippen MR) is 351 cm³/mol. The van der Waals surface area contributed by atoms with Crippen LogP contribution in [0.1, 0.15) is 296 Å². The molecule has 2 atom stereocenters. The molecule has 0 saturated carbocycles. The molecule has 474 valence electrons. The molecular formula is C72H128NO8P. The van der Waals surface area contributed by atoms with Crippen molar-refractivity contribution in [1.29, 1.82) is 0 Å². The van der Waals surface area contributed by atoms with Gasteiger partial charge in [-0.15, -0.1) is 0 Å². The maximum Gasteiger partial charge on any atom is 0.306 e. The summed E-state index contributed by atoms with van der Waals surface area (Å²) in [6.45, 7) is 4.14. The molecule has 0 rings (SSSR count). The van der Waals surface area contributed by atoms with Crippen LogP contribution in [0.5, 0.6) is 0 Å². The standard InChI is InChI=1S/C72H128NO8P/c1-6-8-10-12-14-16-18-20-22-24-26-28-30-31-32-33-34-35-36-37-38-39-40-41-43-45-47-49-51-53-55-57-59-61-63-65-72(75)81-70(69-80-82(76,77)79-67-66-73(3,4)5)68-78-71(74)64-62-60-58-56-54-52-50-48-46-44-42-29-27-25-23-21-19-17-15-13-11-9-7-2/h8,10,14,16,19-22,25-28,31-32,34-35,70H,6-7,9,11-13,15,17-18,23-24,29-30,33,36-69H2,1-5H3/b10-8-,16-14-,21-19-,22-20-,27-25-,28-26-,32-31-,35-34-. The lowest BCUT2D eigenvalue weighted by atomic mass is 10.0. The fraction of sp³-hybridized carbons (Fsp3) is 0.750. The van der Waals surface area contributed by atoms with Crippen molar-refractivity contribution in [1.82, 2.24) is 0 Å². The number of rotatable bonds is 62. The smallest absolute Gasteiger partial charge is 0.306 e. The van der Waals surface area contributed by atoms with Crippen LogP contribution in [0.4, 0.5) is 0 Å². The van der Waals surface area contributed by atoms with Crippen molar-refractivity contribution < 1.29 is 42.1 Å². The lowest BCUT2D eigenvalue weighted by molar-refractivity contribution is -0.870. The van der Waals surface area contributed by atoms with E-state index in [9.17, 15) is 19.0 Å². The first-order valence-electron chi connectivity index (χ1n) is 33.9. The van der Waals surface area contributed by atoms with E-state index in [1.165, 1.54) is 180 Å². The molecule has 0 heterocycles. The molecule has 0 aliphatic heterocycles. The Bertz CT molecular complexity index is 1710. The van der Waals surface area contributed by atoms with E-state index in [1.54, 1.807) is 0 Å². The van der Waals surface area contributed by atoms with Crippen molar-refractivity contribution in [2.75, 3.05) is 47.5 Å². The number of likely N-dealkylation sites (N-methyl/N-ethyl adjacent to an activating group) is 1. The van der Waals surface area contributed by atoms with Gasteiger partial charge in [0.25, 0.3) is 7.82 Å². The van der Waals surface area contributed by atoms with E-state index >= 15 is 0 Å². The minimum Gasteiger partial charge on any atom is -0.756 e. The molecule has 0 aliphatic carbocycles. The number of allylic oxidation sites excluding steroid dienone is 16. The number of nitrogens with zero attached hydrogens (tertiary/aromatic N) is 1. The molecule has 0 N–H and O–H groups in total. The lowest BCUT2D eigenvalue weighted by Crippen LogP contribution is -2.37. The van der Waals surface area contributed by atoms with Crippen molar-refractivity contribution in [3.8, 4) is 0 Å².